The number of halogens is 2. The number of aliphatic imine (C=N–C) groups is 1. The van der Waals surface area contributed by atoms with Crippen molar-refractivity contribution in [2.75, 3.05) is 19.0 Å². The number of nitrogens with one attached hydrogen (secondary N) is 1. The molecule has 0 aliphatic carbocycles. The van der Waals surface area contributed by atoms with Crippen molar-refractivity contribution in [1.82, 2.24) is 4.90 Å². The Morgan fingerprint density at radius 2 is 1.77 bits per heavy atom. The monoisotopic (exact) mass is 527 g/mol. The summed E-state index contributed by atoms with van der Waals surface area (Å²) < 4.78 is 5.22. The number of carbonyl (C=O) groups excluding carboxylic acids is 2. The number of amides is 2. The number of thioether (sulfide) groups is 1. The number of benzene rings is 3. The Bertz CT molecular complexity index is 1230. The van der Waals surface area contributed by atoms with E-state index in [0.29, 0.717) is 45.3 Å². The van der Waals surface area contributed by atoms with Gasteiger partial charge in [-0.15, -0.1) is 0 Å². The Labute approximate surface area is 218 Å². The van der Waals surface area contributed by atoms with E-state index >= 15 is 0 Å². The summed E-state index contributed by atoms with van der Waals surface area (Å²) in [7, 11) is 1.56. The fraction of sp³-hybridized carbons (Fsp3) is 0.192. The molecule has 9 heteroatoms. The molecule has 1 heterocycles. The lowest BCUT2D eigenvalue weighted by Gasteiger charge is -2.32. The van der Waals surface area contributed by atoms with Gasteiger partial charge in [0.05, 0.1) is 12.8 Å². The molecule has 1 N–H and O–H groups in total. The number of anilines is 1. The molecular weight excluding hydrogens is 505 g/mol. The Morgan fingerprint density at radius 1 is 1.09 bits per heavy atom. The maximum atomic E-state index is 13.2. The van der Waals surface area contributed by atoms with Crippen LogP contribution < -0.4 is 10.1 Å². The average Bonchev–Trinajstić information content (AvgIpc) is 2.86. The van der Waals surface area contributed by atoms with Crippen molar-refractivity contribution in [1.29, 1.82) is 0 Å². The third-order valence-corrected chi connectivity index (χ3v) is 7.05. The number of methoxy groups -OCH3 is 1. The van der Waals surface area contributed by atoms with Gasteiger partial charge in [-0.2, -0.15) is 0 Å². The normalized spacial score (nSPS) is 16.9. The SMILES string of the molecule is COc1cccc(NC(=O)C2CC(=O)N(CCc3ccc(Cl)cc3)C(=Nc3ccc(Cl)cc3)S2)c1. The number of hydrogen-bond donors (Lipinski definition) is 1. The van der Waals surface area contributed by atoms with Crippen molar-refractivity contribution in [3.63, 3.8) is 0 Å². The first-order valence-corrected chi connectivity index (χ1v) is 12.6. The zero-order valence-corrected chi connectivity index (χ0v) is 21.2. The lowest BCUT2D eigenvalue weighted by molar-refractivity contribution is -0.129. The van der Waals surface area contributed by atoms with Gasteiger partial charge in [-0.05, 0) is 60.5 Å². The quantitative estimate of drug-likeness (QED) is 0.396. The van der Waals surface area contributed by atoms with Crippen molar-refractivity contribution in [2.45, 2.75) is 18.1 Å². The van der Waals surface area contributed by atoms with Gasteiger partial charge in [0.25, 0.3) is 0 Å². The predicted octanol–water partition coefficient (Wildman–Crippen LogP) is 6.21. The molecule has 3 aromatic carbocycles. The molecule has 180 valence electrons. The van der Waals surface area contributed by atoms with E-state index in [1.807, 2.05) is 24.3 Å². The summed E-state index contributed by atoms with van der Waals surface area (Å²) in [4.78, 5) is 32.6. The van der Waals surface area contributed by atoms with Gasteiger partial charge in [-0.25, -0.2) is 4.99 Å². The second-order valence-electron chi connectivity index (χ2n) is 7.82. The van der Waals surface area contributed by atoms with Crippen LogP contribution >= 0.6 is 35.0 Å². The van der Waals surface area contributed by atoms with Crippen molar-refractivity contribution in [2.24, 2.45) is 4.99 Å². The van der Waals surface area contributed by atoms with Gasteiger partial charge in [0, 0.05) is 34.8 Å². The molecule has 3 aromatic rings. The largest absolute Gasteiger partial charge is 0.497 e. The van der Waals surface area contributed by atoms with E-state index in [1.54, 1.807) is 60.5 Å². The highest BCUT2D eigenvalue weighted by molar-refractivity contribution is 8.15. The van der Waals surface area contributed by atoms with Gasteiger partial charge in [0.2, 0.25) is 11.8 Å². The summed E-state index contributed by atoms with van der Waals surface area (Å²) in [6.07, 6.45) is 0.699. The Hall–Kier alpha value is -3.00. The molecule has 1 aliphatic heterocycles. The molecule has 2 amide bonds. The van der Waals surface area contributed by atoms with Gasteiger partial charge in [-0.3, -0.25) is 14.5 Å². The first-order chi connectivity index (χ1) is 16.9. The van der Waals surface area contributed by atoms with E-state index in [-0.39, 0.29) is 18.2 Å². The highest BCUT2D eigenvalue weighted by Crippen LogP contribution is 2.31. The molecule has 0 bridgehead atoms. The molecule has 1 saturated heterocycles. The summed E-state index contributed by atoms with van der Waals surface area (Å²) in [5.74, 6) is 0.211. The molecule has 1 fully saturated rings. The van der Waals surface area contributed by atoms with Crippen molar-refractivity contribution in [3.8, 4) is 5.75 Å². The van der Waals surface area contributed by atoms with Crippen LogP contribution in [0.4, 0.5) is 11.4 Å². The first kappa shape index (κ1) is 25.1. The number of rotatable bonds is 7. The van der Waals surface area contributed by atoms with E-state index < -0.39 is 5.25 Å². The number of ether oxygens (including phenoxy) is 1. The maximum Gasteiger partial charge on any atom is 0.238 e. The third kappa shape index (κ3) is 6.78. The van der Waals surface area contributed by atoms with E-state index in [9.17, 15) is 9.59 Å². The summed E-state index contributed by atoms with van der Waals surface area (Å²) >= 11 is 13.3. The summed E-state index contributed by atoms with van der Waals surface area (Å²) in [6.45, 7) is 0.435. The molecule has 0 spiro atoms. The minimum Gasteiger partial charge on any atom is -0.497 e. The van der Waals surface area contributed by atoms with Crippen LogP contribution in [0.25, 0.3) is 0 Å². The highest BCUT2D eigenvalue weighted by atomic mass is 35.5. The lowest BCUT2D eigenvalue weighted by Crippen LogP contribution is -2.46. The van der Waals surface area contributed by atoms with Crippen LogP contribution in [-0.2, 0) is 16.0 Å². The average molecular weight is 528 g/mol. The Morgan fingerprint density at radius 3 is 2.46 bits per heavy atom. The van der Waals surface area contributed by atoms with E-state index in [0.717, 1.165) is 5.56 Å². The van der Waals surface area contributed by atoms with Crippen LogP contribution in [0.3, 0.4) is 0 Å². The molecule has 0 saturated carbocycles. The lowest BCUT2D eigenvalue weighted by atomic mass is 10.1. The van der Waals surface area contributed by atoms with E-state index in [1.165, 1.54) is 11.8 Å². The van der Waals surface area contributed by atoms with Gasteiger partial charge in [0.15, 0.2) is 5.17 Å². The summed E-state index contributed by atoms with van der Waals surface area (Å²) in [5, 5.41) is 3.99. The van der Waals surface area contributed by atoms with Crippen LogP contribution in [0.2, 0.25) is 10.0 Å². The highest BCUT2D eigenvalue weighted by Gasteiger charge is 2.35. The van der Waals surface area contributed by atoms with Crippen LogP contribution in [0, 0.1) is 0 Å². The number of carbonyl (C=O) groups is 2. The smallest absolute Gasteiger partial charge is 0.238 e. The first-order valence-electron chi connectivity index (χ1n) is 10.9. The van der Waals surface area contributed by atoms with Crippen LogP contribution in [0.5, 0.6) is 5.75 Å². The van der Waals surface area contributed by atoms with E-state index in [2.05, 4.69) is 10.3 Å². The molecule has 35 heavy (non-hydrogen) atoms. The zero-order chi connectivity index (χ0) is 24.8. The van der Waals surface area contributed by atoms with Gasteiger partial charge in [0.1, 0.15) is 11.0 Å². The van der Waals surface area contributed by atoms with Gasteiger partial charge >= 0.3 is 0 Å². The molecule has 4 rings (SSSR count). The Balaban J connectivity index is 1.54. The molecule has 1 atom stereocenters. The molecular formula is C26H23Cl2N3O3S. The fourth-order valence-electron chi connectivity index (χ4n) is 3.50. The van der Waals surface area contributed by atoms with Crippen molar-refractivity contribution in [3.05, 3.63) is 88.4 Å². The van der Waals surface area contributed by atoms with Gasteiger partial charge < -0.3 is 10.1 Å². The minimum atomic E-state index is -0.619. The molecule has 0 aromatic heterocycles. The second kappa shape index (κ2) is 11.6. The second-order valence-corrected chi connectivity index (χ2v) is 9.87. The standard InChI is InChI=1S/C26H23Cl2N3O3S/c1-34-22-4-2-3-21(15-22)29-25(33)23-16-24(32)31(14-13-17-5-7-18(27)8-6-17)26(35-23)30-20-11-9-19(28)10-12-20/h2-12,15,23H,13-14,16H2,1H3,(H,29,33). The van der Waals surface area contributed by atoms with Gasteiger partial charge in [-0.1, -0.05) is 53.2 Å². The number of amidine groups is 1. The summed E-state index contributed by atoms with van der Waals surface area (Å²) in [5.41, 5.74) is 2.30. The molecule has 6 nitrogen and oxygen atoms in total. The van der Waals surface area contributed by atoms with E-state index in [4.69, 9.17) is 27.9 Å². The van der Waals surface area contributed by atoms with Crippen molar-refractivity contribution >= 4 is 63.3 Å². The molecule has 1 unspecified atom stereocenters. The summed E-state index contributed by atoms with van der Waals surface area (Å²) in [6, 6.07) is 21.6. The van der Waals surface area contributed by atoms with Crippen LogP contribution in [0.1, 0.15) is 12.0 Å². The molecule has 1 aliphatic rings. The minimum absolute atomic E-state index is 0.0702. The number of hydrogen-bond acceptors (Lipinski definition) is 5. The Kier molecular flexibility index (Phi) is 8.33. The van der Waals surface area contributed by atoms with Crippen molar-refractivity contribution < 1.29 is 14.3 Å². The zero-order valence-electron chi connectivity index (χ0n) is 18.9. The maximum absolute atomic E-state index is 13.2. The topological polar surface area (TPSA) is 71.0 Å². The molecule has 0 radical (unpaired) electrons. The third-order valence-electron chi connectivity index (χ3n) is 5.36. The number of nitrogens with zero attached hydrogens (tertiary/aromatic N) is 2. The predicted molar refractivity (Wildman–Crippen MR) is 143 cm³/mol. The van der Waals surface area contributed by atoms with Crippen LogP contribution in [0.15, 0.2) is 77.8 Å². The van der Waals surface area contributed by atoms with Crippen LogP contribution in [-0.4, -0.2) is 40.8 Å². The fourth-order valence-corrected chi connectivity index (χ4v) is 4.88.